The van der Waals surface area contributed by atoms with Crippen molar-refractivity contribution in [2.75, 3.05) is 27.2 Å². The standard InChI is InChI=1S/C37H49N5O10/c1-34(2,3)51-32(45)38-15-12-27(43)40-23(18-22-19-42(20-39-22)33(46)52-35(4,5)6)31(44)49-25-11-13-37(47)26-17-21-9-10-24(48-8)29-28(21)36(37,30(25)50-29)14-16-41(26)7/h9-11,19-20,23,26,30,47H,12-18H2,1-8H3,(H,38,45)(H,40,43)/t23-,26-,30-,36-,37+/m0/s1. The number of hydrogen-bond acceptors (Lipinski definition) is 12. The van der Waals surface area contributed by atoms with Crippen molar-refractivity contribution in [1.29, 1.82) is 0 Å². The summed E-state index contributed by atoms with van der Waals surface area (Å²) in [4.78, 5) is 58.6. The monoisotopic (exact) mass is 723 g/mol. The summed E-state index contributed by atoms with van der Waals surface area (Å²) in [6.45, 7) is 11.1. The fourth-order valence-corrected chi connectivity index (χ4v) is 7.92. The third-order valence-electron chi connectivity index (χ3n) is 10.1. The molecular formula is C37H49N5O10. The molecule has 282 valence electrons. The Morgan fingerprint density at radius 2 is 1.85 bits per heavy atom. The Hall–Kier alpha value is -4.63. The van der Waals surface area contributed by atoms with Gasteiger partial charge in [-0.2, -0.15) is 0 Å². The van der Waals surface area contributed by atoms with E-state index in [1.54, 1.807) is 54.7 Å². The number of carbonyl (C=O) groups excluding carboxylic acids is 4. The number of imidazole rings is 1. The zero-order chi connectivity index (χ0) is 37.8. The SMILES string of the molecule is COc1ccc2c3c1O[C@H]1C(OC(=O)[C@H](Cc4cn(C(=O)OC(C)(C)C)cn4)NC(=O)CCNC(=O)OC(C)(C)C)=CC[C@@]4(O)[C@H](C2)N(C)CC[C@]314. The Labute approximate surface area is 303 Å². The first-order chi connectivity index (χ1) is 24.3. The van der Waals surface area contributed by atoms with Crippen molar-refractivity contribution in [3.8, 4) is 11.5 Å². The van der Waals surface area contributed by atoms with E-state index in [0.29, 0.717) is 36.6 Å². The molecule has 1 saturated heterocycles. The van der Waals surface area contributed by atoms with Gasteiger partial charge in [0.15, 0.2) is 17.6 Å². The molecule has 2 aromatic rings. The smallest absolute Gasteiger partial charge is 0.419 e. The maximum Gasteiger partial charge on any atom is 0.419 e. The van der Waals surface area contributed by atoms with Crippen LogP contribution in [0.1, 0.15) is 77.6 Å². The molecule has 0 saturated carbocycles. The molecule has 5 atom stereocenters. The van der Waals surface area contributed by atoms with Crippen LogP contribution in [0.4, 0.5) is 9.59 Å². The predicted molar refractivity (Wildman–Crippen MR) is 186 cm³/mol. The van der Waals surface area contributed by atoms with Gasteiger partial charge in [0, 0.05) is 43.6 Å². The molecule has 2 bridgehead atoms. The number of nitrogens with one attached hydrogen (secondary N) is 2. The molecular weight excluding hydrogens is 674 g/mol. The van der Waals surface area contributed by atoms with E-state index in [-0.39, 0.29) is 37.6 Å². The summed E-state index contributed by atoms with van der Waals surface area (Å²) in [5.74, 6) is -0.0435. The molecule has 1 aromatic heterocycles. The van der Waals surface area contributed by atoms with Gasteiger partial charge < -0.3 is 44.3 Å². The molecule has 3 N–H and O–H groups in total. The minimum Gasteiger partial charge on any atom is -0.493 e. The summed E-state index contributed by atoms with van der Waals surface area (Å²) >= 11 is 0. The summed E-state index contributed by atoms with van der Waals surface area (Å²) < 4.78 is 30.3. The van der Waals surface area contributed by atoms with E-state index in [1.165, 1.54) is 12.5 Å². The Balaban J connectivity index is 1.25. The number of likely N-dealkylation sites (tertiary alicyclic amines) is 1. The topological polar surface area (TPSA) is 180 Å². The number of esters is 1. The summed E-state index contributed by atoms with van der Waals surface area (Å²) in [6, 6.07) is 2.44. The van der Waals surface area contributed by atoms with Crippen LogP contribution >= 0.6 is 0 Å². The highest BCUT2D eigenvalue weighted by molar-refractivity contribution is 5.85. The van der Waals surface area contributed by atoms with Crippen LogP contribution in [-0.2, 0) is 42.1 Å². The van der Waals surface area contributed by atoms with Crippen LogP contribution in [0.3, 0.4) is 0 Å². The van der Waals surface area contributed by atoms with Crippen LogP contribution in [0, 0.1) is 0 Å². The summed E-state index contributed by atoms with van der Waals surface area (Å²) in [7, 11) is 3.57. The molecule has 1 aromatic carbocycles. The fourth-order valence-electron chi connectivity index (χ4n) is 7.92. The van der Waals surface area contributed by atoms with E-state index in [4.69, 9.17) is 23.7 Å². The van der Waals surface area contributed by atoms with Crippen LogP contribution in [-0.4, -0.2) is 106 Å². The van der Waals surface area contributed by atoms with E-state index in [2.05, 4.69) is 20.5 Å². The molecule has 3 heterocycles. The van der Waals surface area contributed by atoms with Crippen molar-refractivity contribution < 1.29 is 48.0 Å². The van der Waals surface area contributed by atoms with Crippen molar-refractivity contribution in [2.45, 2.75) is 114 Å². The molecule has 1 fully saturated rings. The molecule has 15 heteroatoms. The summed E-state index contributed by atoms with van der Waals surface area (Å²) in [5.41, 5.74) is -1.30. The second kappa shape index (κ2) is 13.4. The lowest BCUT2D eigenvalue weighted by atomic mass is 9.50. The van der Waals surface area contributed by atoms with Gasteiger partial charge in [-0.15, -0.1) is 0 Å². The van der Waals surface area contributed by atoms with Gasteiger partial charge in [0.1, 0.15) is 29.3 Å². The van der Waals surface area contributed by atoms with Gasteiger partial charge >= 0.3 is 18.2 Å². The molecule has 15 nitrogen and oxygen atoms in total. The van der Waals surface area contributed by atoms with Crippen LogP contribution < -0.4 is 20.1 Å². The van der Waals surface area contributed by atoms with Crippen molar-refractivity contribution in [3.05, 3.63) is 53.3 Å². The van der Waals surface area contributed by atoms with Crippen molar-refractivity contribution >= 4 is 24.1 Å². The number of amides is 2. The molecule has 2 aliphatic carbocycles. The summed E-state index contributed by atoms with van der Waals surface area (Å²) in [5, 5.41) is 17.8. The first-order valence-electron chi connectivity index (χ1n) is 17.6. The van der Waals surface area contributed by atoms with Crippen molar-refractivity contribution in [2.24, 2.45) is 0 Å². The third kappa shape index (κ3) is 6.83. The Kier molecular flexibility index (Phi) is 9.58. The van der Waals surface area contributed by atoms with Crippen LogP contribution in [0.2, 0.25) is 0 Å². The lowest BCUT2D eigenvalue weighted by molar-refractivity contribution is -0.170. The average molecular weight is 724 g/mol. The van der Waals surface area contributed by atoms with E-state index in [9.17, 15) is 24.3 Å². The quantitative estimate of drug-likeness (QED) is 0.255. The number of piperidine rings is 1. The van der Waals surface area contributed by atoms with E-state index < -0.39 is 58.4 Å². The van der Waals surface area contributed by atoms with Crippen LogP contribution in [0.15, 0.2) is 36.5 Å². The number of nitrogens with zero attached hydrogens (tertiary/aromatic N) is 3. The van der Waals surface area contributed by atoms with Gasteiger partial charge in [0.2, 0.25) is 5.91 Å². The van der Waals surface area contributed by atoms with E-state index in [1.807, 2.05) is 19.2 Å². The normalized spacial score (nSPS) is 25.1. The molecule has 1 spiro atoms. The predicted octanol–water partition coefficient (Wildman–Crippen LogP) is 3.14. The Morgan fingerprint density at radius 3 is 2.54 bits per heavy atom. The number of alkyl carbamates (subject to hydrolysis) is 1. The average Bonchev–Trinajstić information content (AvgIpc) is 3.65. The highest BCUT2D eigenvalue weighted by Gasteiger charge is 2.72. The van der Waals surface area contributed by atoms with Crippen LogP contribution in [0.5, 0.6) is 11.5 Å². The molecule has 6 rings (SSSR count). The second-order valence-electron chi connectivity index (χ2n) is 16.0. The van der Waals surface area contributed by atoms with E-state index in [0.717, 1.165) is 15.7 Å². The zero-order valence-electron chi connectivity index (χ0n) is 31.0. The number of methoxy groups -OCH3 is 1. The van der Waals surface area contributed by atoms with Gasteiger partial charge in [-0.25, -0.2) is 23.9 Å². The number of hydrogen-bond donors (Lipinski definition) is 3. The summed E-state index contributed by atoms with van der Waals surface area (Å²) in [6.07, 6.45) is 3.35. The molecule has 0 unspecified atom stereocenters. The lowest BCUT2D eigenvalue weighted by Crippen LogP contribution is -2.74. The van der Waals surface area contributed by atoms with Gasteiger partial charge in [0.25, 0.3) is 0 Å². The number of rotatable bonds is 9. The molecule has 4 aliphatic rings. The van der Waals surface area contributed by atoms with Crippen molar-refractivity contribution in [1.82, 2.24) is 25.1 Å². The number of benzene rings is 1. The van der Waals surface area contributed by atoms with Crippen molar-refractivity contribution in [3.63, 3.8) is 0 Å². The first-order valence-corrected chi connectivity index (χ1v) is 17.6. The van der Waals surface area contributed by atoms with Gasteiger partial charge in [0.05, 0.1) is 23.8 Å². The molecule has 0 radical (unpaired) electrons. The molecule has 52 heavy (non-hydrogen) atoms. The van der Waals surface area contributed by atoms with Gasteiger partial charge in [-0.1, -0.05) is 6.07 Å². The maximum atomic E-state index is 14.1. The highest BCUT2D eigenvalue weighted by atomic mass is 16.6. The fraction of sp³-hybridized carbons (Fsp3) is 0.595. The van der Waals surface area contributed by atoms with Crippen LogP contribution in [0.25, 0.3) is 0 Å². The minimum atomic E-state index is -1.25. The maximum absolute atomic E-state index is 14.1. The van der Waals surface area contributed by atoms with Gasteiger partial charge in [-0.05, 0) is 85.7 Å². The molecule has 2 aliphatic heterocycles. The van der Waals surface area contributed by atoms with Gasteiger partial charge in [-0.3, -0.25) is 4.79 Å². The number of likely N-dealkylation sites (N-methyl/N-ethyl adjacent to an activating group) is 1. The second-order valence-corrected chi connectivity index (χ2v) is 16.0. The zero-order valence-corrected chi connectivity index (χ0v) is 31.0. The largest absolute Gasteiger partial charge is 0.493 e. The Bertz CT molecular complexity index is 1790. The lowest BCUT2D eigenvalue weighted by Gasteiger charge is -2.61. The number of aromatic nitrogens is 2. The minimum absolute atomic E-state index is 0.0456. The highest BCUT2D eigenvalue weighted by Crippen LogP contribution is 2.65. The van der Waals surface area contributed by atoms with E-state index >= 15 is 0 Å². The first kappa shape index (κ1) is 37.1. The number of carbonyl (C=O) groups is 4. The third-order valence-corrected chi connectivity index (χ3v) is 10.1. The number of aliphatic hydroxyl groups is 1. The molecule has 2 amide bonds. The number of ether oxygens (including phenoxy) is 5. The Morgan fingerprint density at radius 1 is 1.12 bits per heavy atom.